The van der Waals surface area contributed by atoms with Crippen molar-refractivity contribution in [1.82, 2.24) is 14.8 Å². The lowest BCUT2D eigenvalue weighted by Gasteiger charge is -2.08. The maximum Gasteiger partial charge on any atom is 0.339 e. The molecule has 0 aliphatic rings. The van der Waals surface area contributed by atoms with E-state index in [1.807, 2.05) is 6.07 Å². The summed E-state index contributed by atoms with van der Waals surface area (Å²) in [6.07, 6.45) is 1.46. The van der Waals surface area contributed by atoms with E-state index in [0.29, 0.717) is 16.4 Å². The molecular weight excluding hydrogens is 252 g/mol. The van der Waals surface area contributed by atoms with Gasteiger partial charge in [-0.05, 0) is 23.9 Å². The Morgan fingerprint density at radius 2 is 2.28 bits per heavy atom. The molecule has 0 saturated carbocycles. The summed E-state index contributed by atoms with van der Waals surface area (Å²) in [7, 11) is 3.11. The van der Waals surface area contributed by atoms with E-state index in [9.17, 15) is 4.79 Å². The third-order valence-corrected chi connectivity index (χ3v) is 3.47. The molecule has 1 heterocycles. The quantitative estimate of drug-likeness (QED) is 0.665. The highest BCUT2D eigenvalue weighted by molar-refractivity contribution is 7.99. The average Bonchev–Trinajstić information content (AvgIpc) is 2.77. The summed E-state index contributed by atoms with van der Waals surface area (Å²) in [6.45, 7) is 0. The monoisotopic (exact) mass is 264 g/mol. The molecule has 2 rings (SSSR count). The van der Waals surface area contributed by atoms with Crippen LogP contribution in [0.3, 0.4) is 0 Å². The van der Waals surface area contributed by atoms with E-state index in [0.717, 1.165) is 4.90 Å². The largest absolute Gasteiger partial charge is 0.465 e. The standard InChI is InChI=1S/C11H12N4O2S/c1-15-11(13-6-14-15)18-8-5-3-4-7(9(8)12)10(16)17-2/h3-6H,12H2,1-2H3. The second kappa shape index (κ2) is 5.09. The molecule has 0 bridgehead atoms. The number of aryl methyl sites for hydroxylation is 1. The van der Waals surface area contributed by atoms with E-state index in [2.05, 4.69) is 14.8 Å². The molecule has 0 saturated heterocycles. The van der Waals surface area contributed by atoms with Gasteiger partial charge < -0.3 is 10.5 Å². The van der Waals surface area contributed by atoms with Crippen LogP contribution in [0.4, 0.5) is 5.69 Å². The first kappa shape index (κ1) is 12.4. The number of nitrogen functional groups attached to an aromatic ring is 1. The lowest BCUT2D eigenvalue weighted by atomic mass is 10.2. The Hall–Kier alpha value is -2.02. The maximum atomic E-state index is 11.5. The summed E-state index contributed by atoms with van der Waals surface area (Å²) in [4.78, 5) is 16.3. The summed E-state index contributed by atoms with van der Waals surface area (Å²) >= 11 is 1.35. The number of carbonyl (C=O) groups is 1. The molecule has 2 aromatic rings. The number of para-hydroxylation sites is 1. The van der Waals surface area contributed by atoms with E-state index in [-0.39, 0.29) is 0 Å². The molecule has 0 atom stereocenters. The van der Waals surface area contributed by atoms with Crippen molar-refractivity contribution in [3.05, 3.63) is 30.1 Å². The summed E-state index contributed by atoms with van der Waals surface area (Å²) in [5.74, 6) is -0.451. The Morgan fingerprint density at radius 1 is 1.50 bits per heavy atom. The average molecular weight is 264 g/mol. The van der Waals surface area contributed by atoms with Gasteiger partial charge in [-0.25, -0.2) is 14.5 Å². The number of ether oxygens (including phenoxy) is 1. The van der Waals surface area contributed by atoms with Crippen LogP contribution in [-0.4, -0.2) is 27.8 Å². The van der Waals surface area contributed by atoms with Crippen LogP contribution in [0.25, 0.3) is 0 Å². The van der Waals surface area contributed by atoms with Crippen LogP contribution >= 0.6 is 11.8 Å². The van der Waals surface area contributed by atoms with Gasteiger partial charge in [-0.15, -0.1) is 0 Å². The first-order valence-corrected chi connectivity index (χ1v) is 5.93. The fourth-order valence-corrected chi connectivity index (χ4v) is 2.24. The molecule has 0 amide bonds. The maximum absolute atomic E-state index is 11.5. The summed E-state index contributed by atoms with van der Waals surface area (Å²) in [5, 5.41) is 4.67. The molecule has 0 fully saturated rings. The number of carbonyl (C=O) groups excluding carboxylic acids is 1. The number of hydrogen-bond acceptors (Lipinski definition) is 6. The van der Waals surface area contributed by atoms with Gasteiger partial charge in [0.25, 0.3) is 0 Å². The van der Waals surface area contributed by atoms with Crippen LogP contribution in [0.5, 0.6) is 0 Å². The van der Waals surface area contributed by atoms with Gasteiger partial charge in [-0.1, -0.05) is 6.07 Å². The number of esters is 1. The van der Waals surface area contributed by atoms with Crippen molar-refractivity contribution in [3.8, 4) is 0 Å². The van der Waals surface area contributed by atoms with Crippen LogP contribution in [0, 0.1) is 0 Å². The molecule has 6 nitrogen and oxygen atoms in total. The van der Waals surface area contributed by atoms with E-state index in [4.69, 9.17) is 5.73 Å². The molecule has 0 spiro atoms. The second-order valence-electron chi connectivity index (χ2n) is 3.48. The van der Waals surface area contributed by atoms with Crippen molar-refractivity contribution >= 4 is 23.4 Å². The predicted octanol–water partition coefficient (Wildman–Crippen LogP) is 1.34. The lowest BCUT2D eigenvalue weighted by molar-refractivity contribution is 0.0601. The van der Waals surface area contributed by atoms with Gasteiger partial charge in [0.15, 0.2) is 5.16 Å². The molecule has 2 N–H and O–H groups in total. The van der Waals surface area contributed by atoms with Crippen molar-refractivity contribution in [2.24, 2.45) is 7.05 Å². The van der Waals surface area contributed by atoms with Crippen LogP contribution in [-0.2, 0) is 11.8 Å². The van der Waals surface area contributed by atoms with Crippen molar-refractivity contribution < 1.29 is 9.53 Å². The summed E-state index contributed by atoms with van der Waals surface area (Å²) in [5.41, 5.74) is 6.69. The van der Waals surface area contributed by atoms with E-state index in [1.54, 1.807) is 23.9 Å². The SMILES string of the molecule is COC(=O)c1cccc(Sc2ncnn2C)c1N. The number of rotatable bonds is 3. The van der Waals surface area contributed by atoms with Gasteiger partial charge in [0.05, 0.1) is 18.4 Å². The number of benzene rings is 1. The van der Waals surface area contributed by atoms with Crippen molar-refractivity contribution in [3.63, 3.8) is 0 Å². The molecule has 1 aromatic carbocycles. The fourth-order valence-electron chi connectivity index (χ4n) is 1.40. The minimum Gasteiger partial charge on any atom is -0.465 e. The van der Waals surface area contributed by atoms with Crippen molar-refractivity contribution in [1.29, 1.82) is 0 Å². The molecule has 0 aliphatic heterocycles. The Morgan fingerprint density at radius 3 is 2.89 bits per heavy atom. The van der Waals surface area contributed by atoms with Gasteiger partial charge in [0.1, 0.15) is 6.33 Å². The van der Waals surface area contributed by atoms with Crippen LogP contribution in [0.15, 0.2) is 34.6 Å². The van der Waals surface area contributed by atoms with Crippen LogP contribution in [0.2, 0.25) is 0 Å². The normalized spacial score (nSPS) is 10.3. The zero-order valence-corrected chi connectivity index (χ0v) is 10.8. The van der Waals surface area contributed by atoms with Crippen molar-refractivity contribution in [2.75, 3.05) is 12.8 Å². The first-order valence-electron chi connectivity index (χ1n) is 5.12. The summed E-state index contributed by atoms with van der Waals surface area (Å²) < 4.78 is 6.30. The molecule has 1 aromatic heterocycles. The van der Waals surface area contributed by atoms with Gasteiger partial charge in [-0.3, -0.25) is 0 Å². The molecule has 94 valence electrons. The minimum atomic E-state index is -0.451. The van der Waals surface area contributed by atoms with Crippen LogP contribution < -0.4 is 5.73 Å². The topological polar surface area (TPSA) is 83.0 Å². The summed E-state index contributed by atoms with van der Waals surface area (Å²) in [6, 6.07) is 5.20. The number of hydrogen-bond donors (Lipinski definition) is 1. The highest BCUT2D eigenvalue weighted by Gasteiger charge is 2.14. The number of nitrogens with two attached hydrogens (primary N) is 1. The molecular formula is C11H12N4O2S. The smallest absolute Gasteiger partial charge is 0.339 e. The van der Waals surface area contributed by atoms with E-state index >= 15 is 0 Å². The van der Waals surface area contributed by atoms with Gasteiger partial charge >= 0.3 is 5.97 Å². The zero-order valence-electron chi connectivity index (χ0n) is 9.95. The Balaban J connectivity index is 2.35. The molecule has 0 radical (unpaired) electrons. The number of aromatic nitrogens is 3. The number of methoxy groups -OCH3 is 1. The fraction of sp³-hybridized carbons (Fsp3) is 0.182. The number of nitrogens with zero attached hydrogens (tertiary/aromatic N) is 3. The predicted molar refractivity (Wildman–Crippen MR) is 67.3 cm³/mol. The van der Waals surface area contributed by atoms with Gasteiger partial charge in [-0.2, -0.15) is 5.10 Å². The Labute approximate surface area is 108 Å². The van der Waals surface area contributed by atoms with Crippen LogP contribution in [0.1, 0.15) is 10.4 Å². The first-order chi connectivity index (χ1) is 8.63. The Kier molecular flexibility index (Phi) is 3.52. The van der Waals surface area contributed by atoms with Gasteiger partial charge in [0.2, 0.25) is 0 Å². The molecule has 18 heavy (non-hydrogen) atoms. The Bertz CT molecular complexity index is 582. The lowest BCUT2D eigenvalue weighted by Crippen LogP contribution is -2.06. The highest BCUT2D eigenvalue weighted by Crippen LogP contribution is 2.32. The van der Waals surface area contributed by atoms with Crippen molar-refractivity contribution in [2.45, 2.75) is 10.1 Å². The van der Waals surface area contributed by atoms with E-state index < -0.39 is 5.97 Å². The third kappa shape index (κ3) is 2.30. The zero-order chi connectivity index (χ0) is 13.1. The molecule has 0 aliphatic carbocycles. The number of anilines is 1. The third-order valence-electron chi connectivity index (χ3n) is 2.34. The highest BCUT2D eigenvalue weighted by atomic mass is 32.2. The molecule has 7 heteroatoms. The molecule has 0 unspecified atom stereocenters. The minimum absolute atomic E-state index is 0.352. The second-order valence-corrected chi connectivity index (χ2v) is 4.49. The van der Waals surface area contributed by atoms with E-state index in [1.165, 1.54) is 25.2 Å². The van der Waals surface area contributed by atoms with Gasteiger partial charge in [0, 0.05) is 11.9 Å².